The van der Waals surface area contributed by atoms with Crippen molar-refractivity contribution in [1.29, 1.82) is 0 Å². The molecule has 10 heteroatoms. The second kappa shape index (κ2) is 8.65. The molecule has 0 bridgehead atoms. The van der Waals surface area contributed by atoms with Gasteiger partial charge in [-0.25, -0.2) is 9.59 Å². The molecule has 0 unspecified atom stereocenters. The number of carbonyl (C=O) groups is 2. The summed E-state index contributed by atoms with van der Waals surface area (Å²) in [6, 6.07) is 3.31. The number of carboxylic acids is 1. The molecule has 25 heavy (non-hydrogen) atoms. The first-order valence-electron chi connectivity index (χ1n) is 7.37. The molecule has 2 rings (SSSR count). The highest BCUT2D eigenvalue weighted by molar-refractivity contribution is 14.1. The predicted molar refractivity (Wildman–Crippen MR) is 94.8 cm³/mol. The molecule has 0 aliphatic rings. The standard InChI is InChI=1S/C15H16IN3O6/c1-3-23-10-6-8(5-9(16)14(10)25-7-11(20)21)12-13(18-19-17-12)15(22)24-4-2/h5-6H,3-4,7H2,1-2H3,(H,20,21)(H,17,18,19). The molecule has 9 nitrogen and oxygen atoms in total. The molecule has 0 atom stereocenters. The van der Waals surface area contributed by atoms with Crippen molar-refractivity contribution in [2.24, 2.45) is 0 Å². The summed E-state index contributed by atoms with van der Waals surface area (Å²) in [4.78, 5) is 22.7. The van der Waals surface area contributed by atoms with Gasteiger partial charge in [0, 0.05) is 5.56 Å². The lowest BCUT2D eigenvalue weighted by molar-refractivity contribution is -0.139. The van der Waals surface area contributed by atoms with Gasteiger partial charge in [0.05, 0.1) is 16.8 Å². The van der Waals surface area contributed by atoms with Gasteiger partial charge in [-0.1, -0.05) is 0 Å². The summed E-state index contributed by atoms with van der Waals surface area (Å²) >= 11 is 2.00. The molecule has 1 heterocycles. The molecule has 0 saturated carbocycles. The van der Waals surface area contributed by atoms with E-state index in [0.29, 0.717) is 32.9 Å². The Morgan fingerprint density at radius 1 is 1.20 bits per heavy atom. The van der Waals surface area contributed by atoms with Gasteiger partial charge in [0.1, 0.15) is 5.69 Å². The maximum absolute atomic E-state index is 12.0. The molecule has 1 aromatic carbocycles. The molecular weight excluding hydrogens is 445 g/mol. The molecule has 0 radical (unpaired) electrons. The number of hydrogen-bond donors (Lipinski definition) is 2. The number of aliphatic carboxylic acids is 1. The van der Waals surface area contributed by atoms with Crippen molar-refractivity contribution < 1.29 is 28.9 Å². The van der Waals surface area contributed by atoms with Crippen LogP contribution >= 0.6 is 22.6 Å². The number of esters is 1. The predicted octanol–water partition coefficient (Wildman–Crippen LogP) is 2.12. The third kappa shape index (κ3) is 4.59. The van der Waals surface area contributed by atoms with Gasteiger partial charge in [0.15, 0.2) is 23.8 Å². The first-order valence-corrected chi connectivity index (χ1v) is 8.44. The third-order valence-electron chi connectivity index (χ3n) is 2.94. The molecule has 2 aromatic rings. The molecular formula is C15H16IN3O6. The highest BCUT2D eigenvalue weighted by atomic mass is 127. The number of carboxylic acid groups (broad SMARTS) is 1. The molecule has 0 fully saturated rings. The van der Waals surface area contributed by atoms with Gasteiger partial charge in [0.2, 0.25) is 0 Å². The topological polar surface area (TPSA) is 124 Å². The third-order valence-corrected chi connectivity index (χ3v) is 3.74. The minimum absolute atomic E-state index is 0.0549. The molecule has 0 saturated heterocycles. The number of hydrogen-bond acceptors (Lipinski definition) is 7. The average molecular weight is 461 g/mol. The number of rotatable bonds is 8. The SMILES string of the molecule is CCOC(=O)c1n[nH]nc1-c1cc(I)c(OCC(=O)O)c(OCC)c1. The minimum Gasteiger partial charge on any atom is -0.490 e. The van der Waals surface area contributed by atoms with E-state index >= 15 is 0 Å². The summed E-state index contributed by atoms with van der Waals surface area (Å²) in [7, 11) is 0. The van der Waals surface area contributed by atoms with Crippen LogP contribution in [0.15, 0.2) is 12.1 Å². The highest BCUT2D eigenvalue weighted by Gasteiger charge is 2.22. The number of benzene rings is 1. The van der Waals surface area contributed by atoms with Crippen LogP contribution in [0.4, 0.5) is 0 Å². The van der Waals surface area contributed by atoms with E-state index in [0.717, 1.165) is 0 Å². The summed E-state index contributed by atoms with van der Waals surface area (Å²) in [6.07, 6.45) is 0. The van der Waals surface area contributed by atoms with Crippen LogP contribution in [0.5, 0.6) is 11.5 Å². The number of aromatic nitrogens is 3. The van der Waals surface area contributed by atoms with E-state index in [2.05, 4.69) is 15.4 Å². The molecule has 134 valence electrons. The summed E-state index contributed by atoms with van der Waals surface area (Å²) in [5.74, 6) is -1.02. The average Bonchev–Trinajstić information content (AvgIpc) is 3.04. The van der Waals surface area contributed by atoms with Crippen LogP contribution in [0, 0.1) is 3.57 Å². The first-order chi connectivity index (χ1) is 12.0. The van der Waals surface area contributed by atoms with E-state index in [1.165, 1.54) is 0 Å². The lowest BCUT2D eigenvalue weighted by atomic mass is 10.1. The maximum Gasteiger partial charge on any atom is 0.361 e. The van der Waals surface area contributed by atoms with Gasteiger partial charge < -0.3 is 19.3 Å². The summed E-state index contributed by atoms with van der Waals surface area (Å²) in [5, 5.41) is 19.0. The quantitative estimate of drug-likeness (QED) is 0.453. The van der Waals surface area contributed by atoms with E-state index in [-0.39, 0.29) is 12.3 Å². The number of halogens is 1. The lowest BCUT2D eigenvalue weighted by Crippen LogP contribution is -2.11. The van der Waals surface area contributed by atoms with Crippen LogP contribution in [0.25, 0.3) is 11.3 Å². The molecule has 0 amide bonds. The minimum atomic E-state index is -1.09. The van der Waals surface area contributed by atoms with Gasteiger partial charge in [-0.3, -0.25) is 0 Å². The van der Waals surface area contributed by atoms with E-state index < -0.39 is 18.5 Å². The molecule has 0 spiro atoms. The fourth-order valence-electron chi connectivity index (χ4n) is 2.02. The Labute approximate surface area is 156 Å². The zero-order valence-corrected chi connectivity index (χ0v) is 15.7. The smallest absolute Gasteiger partial charge is 0.361 e. The van der Waals surface area contributed by atoms with E-state index in [4.69, 9.17) is 19.3 Å². The van der Waals surface area contributed by atoms with Crippen LogP contribution in [-0.2, 0) is 9.53 Å². The van der Waals surface area contributed by atoms with Crippen LogP contribution < -0.4 is 9.47 Å². The van der Waals surface area contributed by atoms with Crippen LogP contribution in [0.3, 0.4) is 0 Å². The fourth-order valence-corrected chi connectivity index (χ4v) is 2.77. The maximum atomic E-state index is 12.0. The van der Waals surface area contributed by atoms with Crippen molar-refractivity contribution in [3.8, 4) is 22.8 Å². The Hall–Kier alpha value is -2.37. The monoisotopic (exact) mass is 461 g/mol. The second-order valence-corrected chi connectivity index (χ2v) is 5.80. The summed E-state index contributed by atoms with van der Waals surface area (Å²) in [6.45, 7) is 3.57. The van der Waals surface area contributed by atoms with Crippen molar-refractivity contribution >= 4 is 34.5 Å². The first kappa shape index (κ1) is 19.0. The van der Waals surface area contributed by atoms with E-state index in [9.17, 15) is 9.59 Å². The number of nitrogens with zero attached hydrogens (tertiary/aromatic N) is 2. The number of carbonyl (C=O) groups excluding carboxylic acids is 1. The van der Waals surface area contributed by atoms with Crippen molar-refractivity contribution in [3.05, 3.63) is 21.4 Å². The number of ether oxygens (including phenoxy) is 3. The van der Waals surface area contributed by atoms with E-state index in [1.54, 1.807) is 26.0 Å². The van der Waals surface area contributed by atoms with E-state index in [1.807, 2.05) is 22.6 Å². The fraction of sp³-hybridized carbons (Fsp3) is 0.333. The Kier molecular flexibility index (Phi) is 6.56. The van der Waals surface area contributed by atoms with Crippen molar-refractivity contribution in [3.63, 3.8) is 0 Å². The number of aromatic amines is 1. The zero-order valence-electron chi connectivity index (χ0n) is 13.5. The molecule has 2 N–H and O–H groups in total. The summed E-state index contributed by atoms with van der Waals surface area (Å²) in [5.41, 5.74) is 0.925. The van der Waals surface area contributed by atoms with Gasteiger partial charge in [-0.2, -0.15) is 10.3 Å². The second-order valence-electron chi connectivity index (χ2n) is 4.64. The Bertz CT molecular complexity index is 777. The van der Waals surface area contributed by atoms with Crippen molar-refractivity contribution in [2.75, 3.05) is 19.8 Å². The largest absolute Gasteiger partial charge is 0.490 e. The van der Waals surface area contributed by atoms with Gasteiger partial charge in [0.25, 0.3) is 0 Å². The van der Waals surface area contributed by atoms with Crippen LogP contribution in [-0.4, -0.2) is 52.3 Å². The van der Waals surface area contributed by atoms with Gasteiger partial charge in [-0.05, 0) is 48.6 Å². The Morgan fingerprint density at radius 2 is 1.96 bits per heavy atom. The van der Waals surface area contributed by atoms with Crippen molar-refractivity contribution in [1.82, 2.24) is 15.4 Å². The number of H-pyrrole nitrogens is 1. The van der Waals surface area contributed by atoms with Crippen LogP contribution in [0.1, 0.15) is 24.3 Å². The number of nitrogens with one attached hydrogen (secondary N) is 1. The Morgan fingerprint density at radius 3 is 2.60 bits per heavy atom. The normalized spacial score (nSPS) is 10.4. The van der Waals surface area contributed by atoms with Crippen molar-refractivity contribution in [2.45, 2.75) is 13.8 Å². The van der Waals surface area contributed by atoms with Gasteiger partial charge in [-0.15, -0.1) is 5.10 Å². The lowest BCUT2D eigenvalue weighted by Gasteiger charge is -2.14. The van der Waals surface area contributed by atoms with Gasteiger partial charge >= 0.3 is 11.9 Å². The molecule has 0 aliphatic carbocycles. The highest BCUT2D eigenvalue weighted by Crippen LogP contribution is 2.37. The Balaban J connectivity index is 2.45. The van der Waals surface area contributed by atoms with Crippen LogP contribution in [0.2, 0.25) is 0 Å². The molecule has 1 aromatic heterocycles. The zero-order chi connectivity index (χ0) is 18.4. The molecule has 0 aliphatic heterocycles. The summed E-state index contributed by atoms with van der Waals surface area (Å²) < 4.78 is 16.4.